The van der Waals surface area contributed by atoms with Gasteiger partial charge in [-0.3, -0.25) is 9.89 Å². The molecule has 0 aliphatic carbocycles. The van der Waals surface area contributed by atoms with Crippen LogP contribution in [0.25, 0.3) is 10.9 Å². The number of likely N-dealkylation sites (tertiary alicyclic amines) is 1. The molecule has 0 bridgehead atoms. The molecule has 3 aromatic rings. The third-order valence-corrected chi connectivity index (χ3v) is 5.77. The predicted molar refractivity (Wildman–Crippen MR) is 101 cm³/mol. The molecule has 2 aliphatic heterocycles. The van der Waals surface area contributed by atoms with Crippen LogP contribution >= 0.6 is 0 Å². The zero-order chi connectivity index (χ0) is 18.9. The Morgan fingerprint density at radius 3 is 2.89 bits per heavy atom. The van der Waals surface area contributed by atoms with Gasteiger partial charge in [-0.05, 0) is 31.7 Å². The number of nitrogens with one attached hydrogen (secondary N) is 1. The number of hydrogen-bond acceptors (Lipinski definition) is 6. The number of hydrogen-bond donors (Lipinski definition) is 1. The maximum atomic E-state index is 13.1. The van der Waals surface area contributed by atoms with Crippen LogP contribution in [0.2, 0.25) is 0 Å². The minimum atomic E-state index is -0.0497. The number of fused-ring (bicyclic) bond motifs is 1. The summed E-state index contributed by atoms with van der Waals surface area (Å²) in [5, 5.41) is 12.3. The normalized spacial score (nSPS) is 21.3. The van der Waals surface area contributed by atoms with Crippen LogP contribution in [0.15, 0.2) is 28.8 Å². The maximum Gasteiger partial charge on any atom is 0.275 e. The molecule has 0 spiro atoms. The number of aromatic amines is 1. The van der Waals surface area contributed by atoms with Crippen LogP contribution in [0, 0.1) is 0 Å². The molecule has 0 radical (unpaired) electrons. The van der Waals surface area contributed by atoms with E-state index in [1.165, 1.54) is 0 Å². The van der Waals surface area contributed by atoms with Crippen LogP contribution < -0.4 is 0 Å². The molecular formula is C20H23N5O3. The zero-order valence-electron chi connectivity index (χ0n) is 15.6. The van der Waals surface area contributed by atoms with E-state index in [1.807, 2.05) is 29.2 Å². The largest absolute Gasteiger partial charge is 0.381 e. The van der Waals surface area contributed by atoms with Crippen LogP contribution in [-0.4, -0.2) is 57.4 Å². The molecule has 2 fully saturated rings. The Morgan fingerprint density at radius 2 is 2.00 bits per heavy atom. The van der Waals surface area contributed by atoms with E-state index in [9.17, 15) is 4.79 Å². The third kappa shape index (κ3) is 3.17. The molecule has 5 rings (SSSR count). The number of H-pyrrole nitrogens is 1. The summed E-state index contributed by atoms with van der Waals surface area (Å²) in [4.78, 5) is 19.6. The number of amides is 1. The van der Waals surface area contributed by atoms with Crippen molar-refractivity contribution in [3.05, 3.63) is 41.7 Å². The summed E-state index contributed by atoms with van der Waals surface area (Å²) in [5.74, 6) is 1.75. The second-order valence-electron chi connectivity index (χ2n) is 7.59. The van der Waals surface area contributed by atoms with E-state index >= 15 is 0 Å². The fraction of sp³-hybridized carbons (Fsp3) is 0.500. The van der Waals surface area contributed by atoms with Crippen molar-refractivity contribution >= 4 is 16.8 Å². The molecule has 8 heteroatoms. The molecule has 4 heterocycles. The van der Waals surface area contributed by atoms with Crippen LogP contribution in [-0.2, 0) is 4.74 Å². The van der Waals surface area contributed by atoms with E-state index in [-0.39, 0.29) is 11.8 Å². The topological polar surface area (TPSA) is 97.1 Å². The Balaban J connectivity index is 1.32. The Labute approximate surface area is 162 Å². The van der Waals surface area contributed by atoms with Crippen molar-refractivity contribution in [1.29, 1.82) is 0 Å². The molecular weight excluding hydrogens is 358 g/mol. The predicted octanol–water partition coefficient (Wildman–Crippen LogP) is 2.86. The molecule has 28 heavy (non-hydrogen) atoms. The molecule has 2 aliphatic rings. The number of carbonyl (C=O) groups excluding carboxylic acids is 1. The van der Waals surface area contributed by atoms with Gasteiger partial charge < -0.3 is 14.2 Å². The van der Waals surface area contributed by atoms with Crippen molar-refractivity contribution in [2.45, 2.75) is 37.5 Å². The average Bonchev–Trinajstić information content (AvgIpc) is 3.42. The summed E-state index contributed by atoms with van der Waals surface area (Å²) in [5.41, 5.74) is 1.35. The first-order valence-electron chi connectivity index (χ1n) is 9.93. The van der Waals surface area contributed by atoms with Crippen LogP contribution in [0.5, 0.6) is 0 Å². The first-order chi connectivity index (χ1) is 13.8. The van der Waals surface area contributed by atoms with Crippen molar-refractivity contribution < 1.29 is 14.1 Å². The Kier molecular flexibility index (Phi) is 4.56. The molecule has 146 valence electrons. The van der Waals surface area contributed by atoms with E-state index in [1.54, 1.807) is 0 Å². The van der Waals surface area contributed by atoms with Crippen LogP contribution in [0.4, 0.5) is 0 Å². The van der Waals surface area contributed by atoms with Gasteiger partial charge in [-0.15, -0.1) is 0 Å². The van der Waals surface area contributed by atoms with Crippen LogP contribution in [0.1, 0.15) is 59.7 Å². The third-order valence-electron chi connectivity index (χ3n) is 5.77. The van der Waals surface area contributed by atoms with Gasteiger partial charge >= 0.3 is 0 Å². The quantitative estimate of drug-likeness (QED) is 0.749. The molecule has 2 aromatic heterocycles. The molecule has 2 saturated heterocycles. The van der Waals surface area contributed by atoms with Gasteiger partial charge in [0, 0.05) is 37.6 Å². The number of piperidine rings is 1. The standard InChI is InChI=1S/C20H23N5O3/c26-20(17-15-5-1-2-6-16(15)22-23-17)25-9-3-4-14(12-25)19-21-18(24-28-19)13-7-10-27-11-8-13/h1-2,5-6,13-14H,3-4,7-12H2,(H,22,23). The molecule has 1 amide bonds. The number of rotatable bonds is 3. The lowest BCUT2D eigenvalue weighted by Gasteiger charge is -2.30. The average molecular weight is 381 g/mol. The highest BCUT2D eigenvalue weighted by molar-refractivity contribution is 6.04. The first kappa shape index (κ1) is 17.4. The fourth-order valence-electron chi connectivity index (χ4n) is 4.17. The summed E-state index contributed by atoms with van der Waals surface area (Å²) in [6.07, 6.45) is 3.72. The lowest BCUT2D eigenvalue weighted by molar-refractivity contribution is 0.0691. The molecule has 1 atom stereocenters. The summed E-state index contributed by atoms with van der Waals surface area (Å²) in [6, 6.07) is 7.70. The SMILES string of the molecule is O=C(c1n[nH]c2ccccc12)N1CCCC(c2nc(C3CCOCC3)no2)C1. The molecule has 8 nitrogen and oxygen atoms in total. The first-order valence-corrected chi connectivity index (χ1v) is 9.93. The molecule has 1 N–H and O–H groups in total. The lowest BCUT2D eigenvalue weighted by Crippen LogP contribution is -2.39. The second-order valence-corrected chi connectivity index (χ2v) is 7.59. The Morgan fingerprint density at radius 1 is 1.14 bits per heavy atom. The van der Waals surface area contributed by atoms with E-state index in [4.69, 9.17) is 9.26 Å². The van der Waals surface area contributed by atoms with Gasteiger partial charge in [0.05, 0.1) is 11.4 Å². The fourth-order valence-corrected chi connectivity index (χ4v) is 4.17. The summed E-state index contributed by atoms with van der Waals surface area (Å²) in [7, 11) is 0. The van der Waals surface area contributed by atoms with Crippen molar-refractivity contribution in [3.63, 3.8) is 0 Å². The molecule has 1 unspecified atom stereocenters. The van der Waals surface area contributed by atoms with E-state index < -0.39 is 0 Å². The van der Waals surface area contributed by atoms with Crippen molar-refractivity contribution in [2.75, 3.05) is 26.3 Å². The highest BCUT2D eigenvalue weighted by Crippen LogP contribution is 2.30. The Hall–Kier alpha value is -2.74. The smallest absolute Gasteiger partial charge is 0.275 e. The van der Waals surface area contributed by atoms with Gasteiger partial charge in [0.1, 0.15) is 0 Å². The number of benzene rings is 1. The number of aromatic nitrogens is 4. The monoisotopic (exact) mass is 381 g/mol. The van der Waals surface area contributed by atoms with Gasteiger partial charge in [-0.25, -0.2) is 0 Å². The number of nitrogens with zero attached hydrogens (tertiary/aromatic N) is 4. The number of carbonyl (C=O) groups is 1. The van der Waals surface area contributed by atoms with E-state index in [0.29, 0.717) is 24.0 Å². The van der Waals surface area contributed by atoms with Gasteiger partial charge in [0.2, 0.25) is 5.89 Å². The minimum Gasteiger partial charge on any atom is -0.381 e. The van der Waals surface area contributed by atoms with E-state index in [0.717, 1.165) is 62.2 Å². The van der Waals surface area contributed by atoms with Crippen molar-refractivity contribution in [2.24, 2.45) is 0 Å². The minimum absolute atomic E-state index is 0.0497. The highest BCUT2D eigenvalue weighted by Gasteiger charge is 2.31. The van der Waals surface area contributed by atoms with Gasteiger partial charge in [0.25, 0.3) is 5.91 Å². The molecule has 1 aromatic carbocycles. The van der Waals surface area contributed by atoms with Crippen molar-refractivity contribution in [3.8, 4) is 0 Å². The zero-order valence-corrected chi connectivity index (χ0v) is 15.6. The Bertz CT molecular complexity index is 975. The number of para-hydroxylation sites is 1. The van der Waals surface area contributed by atoms with Gasteiger partial charge in [-0.2, -0.15) is 10.1 Å². The van der Waals surface area contributed by atoms with Gasteiger partial charge in [-0.1, -0.05) is 23.4 Å². The van der Waals surface area contributed by atoms with E-state index in [2.05, 4.69) is 20.3 Å². The van der Waals surface area contributed by atoms with Crippen LogP contribution in [0.3, 0.4) is 0 Å². The highest BCUT2D eigenvalue weighted by atomic mass is 16.5. The lowest BCUT2D eigenvalue weighted by atomic mass is 9.97. The summed E-state index contributed by atoms with van der Waals surface area (Å²) >= 11 is 0. The second kappa shape index (κ2) is 7.35. The summed E-state index contributed by atoms with van der Waals surface area (Å²) in [6.45, 7) is 2.79. The maximum absolute atomic E-state index is 13.1. The number of ether oxygens (including phenoxy) is 1. The summed E-state index contributed by atoms with van der Waals surface area (Å²) < 4.78 is 11.0. The van der Waals surface area contributed by atoms with Gasteiger partial charge in [0.15, 0.2) is 11.5 Å². The van der Waals surface area contributed by atoms with Crippen molar-refractivity contribution in [1.82, 2.24) is 25.2 Å². The molecule has 0 saturated carbocycles.